The maximum Gasteiger partial charge on any atom is 0.238 e. The molecule has 8 nitrogen and oxygen atoms in total. The predicted octanol–water partition coefficient (Wildman–Crippen LogP) is 0.718. The summed E-state index contributed by atoms with van der Waals surface area (Å²) in [5, 5.41) is 16.5. The van der Waals surface area contributed by atoms with Gasteiger partial charge in [0.1, 0.15) is 11.6 Å². The molecule has 1 saturated carbocycles. The lowest BCUT2D eigenvalue weighted by atomic mass is 9.76. The summed E-state index contributed by atoms with van der Waals surface area (Å²) in [5.74, 6) is -2.80. The maximum absolute atomic E-state index is 14.6. The lowest BCUT2D eigenvalue weighted by Gasteiger charge is -2.42. The average molecular weight is 394 g/mol. The molecule has 28 heavy (non-hydrogen) atoms. The third-order valence-corrected chi connectivity index (χ3v) is 5.13. The highest BCUT2D eigenvalue weighted by atomic mass is 19.1. The Hall–Kier alpha value is -2.50. The van der Waals surface area contributed by atoms with Gasteiger partial charge in [0.25, 0.3) is 0 Å². The van der Waals surface area contributed by atoms with E-state index in [1.807, 2.05) is 6.07 Å². The van der Waals surface area contributed by atoms with E-state index >= 15 is 0 Å². The van der Waals surface area contributed by atoms with Gasteiger partial charge < -0.3 is 10.6 Å². The lowest BCUT2D eigenvalue weighted by Crippen LogP contribution is -2.58. The van der Waals surface area contributed by atoms with Crippen molar-refractivity contribution in [2.45, 2.75) is 64.6 Å². The number of amides is 4. The number of halogens is 1. The molecule has 1 unspecified atom stereocenters. The van der Waals surface area contributed by atoms with Gasteiger partial charge >= 0.3 is 0 Å². The zero-order chi connectivity index (χ0) is 21.1. The Kier molecular flexibility index (Phi) is 6.42. The standard InChI is InChI=1S/C19H27FN4O4/c1-18(2,3)13(9-21)17(28)22-10-19(20)7-12(8-19)23-14(25)4-11-5-15(26)24-16(27)6-11/h11-13H,4-8,10H2,1-3H3,(H,22,28)(H,23,25)(H,24,26,27). The summed E-state index contributed by atoms with van der Waals surface area (Å²) in [5.41, 5.74) is -2.16. The van der Waals surface area contributed by atoms with Gasteiger partial charge in [-0.05, 0) is 11.3 Å². The minimum Gasteiger partial charge on any atom is -0.353 e. The highest BCUT2D eigenvalue weighted by molar-refractivity contribution is 5.98. The van der Waals surface area contributed by atoms with Gasteiger partial charge in [0.05, 0.1) is 12.6 Å². The van der Waals surface area contributed by atoms with E-state index in [1.165, 1.54) is 0 Å². The Morgan fingerprint density at radius 3 is 2.36 bits per heavy atom. The van der Waals surface area contributed by atoms with E-state index in [0.717, 1.165) is 0 Å². The van der Waals surface area contributed by atoms with Crippen molar-refractivity contribution in [1.29, 1.82) is 5.26 Å². The molecule has 2 aliphatic rings. The molecule has 0 aromatic heterocycles. The van der Waals surface area contributed by atoms with Crippen LogP contribution in [0.5, 0.6) is 0 Å². The van der Waals surface area contributed by atoms with Crippen molar-refractivity contribution in [3.8, 4) is 6.07 Å². The molecular formula is C19H27FN4O4. The summed E-state index contributed by atoms with van der Waals surface area (Å²) in [4.78, 5) is 46.8. The molecular weight excluding hydrogens is 367 g/mol. The summed E-state index contributed by atoms with van der Waals surface area (Å²) in [6.45, 7) is 5.10. The molecule has 3 N–H and O–H groups in total. The second kappa shape index (κ2) is 8.25. The van der Waals surface area contributed by atoms with E-state index < -0.39 is 22.9 Å². The number of nitrogens with one attached hydrogen (secondary N) is 3. The van der Waals surface area contributed by atoms with Gasteiger partial charge in [0.2, 0.25) is 23.6 Å². The number of rotatable bonds is 6. The number of nitrogens with zero attached hydrogens (tertiary/aromatic N) is 1. The van der Waals surface area contributed by atoms with Crippen LogP contribution in [0, 0.1) is 28.6 Å². The summed E-state index contributed by atoms with van der Waals surface area (Å²) in [6.07, 6.45) is 0.417. The van der Waals surface area contributed by atoms with Crippen LogP contribution in [0.4, 0.5) is 4.39 Å². The summed E-state index contributed by atoms with van der Waals surface area (Å²) >= 11 is 0. The Morgan fingerprint density at radius 1 is 1.29 bits per heavy atom. The molecule has 9 heteroatoms. The van der Waals surface area contributed by atoms with Gasteiger partial charge in [-0.2, -0.15) is 5.26 Å². The molecule has 0 spiro atoms. The largest absolute Gasteiger partial charge is 0.353 e. The molecule has 4 amide bonds. The first-order valence-electron chi connectivity index (χ1n) is 9.40. The molecule has 0 aromatic rings. The topological polar surface area (TPSA) is 128 Å². The van der Waals surface area contributed by atoms with Crippen molar-refractivity contribution >= 4 is 23.6 Å². The molecule has 0 aromatic carbocycles. The van der Waals surface area contributed by atoms with Gasteiger partial charge in [-0.15, -0.1) is 0 Å². The van der Waals surface area contributed by atoms with Gasteiger partial charge in [-0.1, -0.05) is 20.8 Å². The molecule has 1 aliphatic heterocycles. The second-order valence-corrected chi connectivity index (χ2v) is 8.92. The number of piperidine rings is 1. The molecule has 154 valence electrons. The molecule has 1 saturated heterocycles. The van der Waals surface area contributed by atoms with Crippen LogP contribution in [0.15, 0.2) is 0 Å². The van der Waals surface area contributed by atoms with Crippen LogP contribution in [0.1, 0.15) is 52.9 Å². The fraction of sp³-hybridized carbons (Fsp3) is 0.737. The summed E-state index contributed by atoms with van der Waals surface area (Å²) < 4.78 is 14.6. The number of carbonyl (C=O) groups excluding carboxylic acids is 4. The molecule has 1 aliphatic carbocycles. The lowest BCUT2D eigenvalue weighted by molar-refractivity contribution is -0.136. The van der Waals surface area contributed by atoms with Crippen molar-refractivity contribution in [3.63, 3.8) is 0 Å². The fourth-order valence-corrected chi connectivity index (χ4v) is 3.61. The molecule has 2 fully saturated rings. The number of hydrogen-bond acceptors (Lipinski definition) is 5. The zero-order valence-electron chi connectivity index (χ0n) is 16.4. The molecule has 0 bridgehead atoms. The van der Waals surface area contributed by atoms with Crippen molar-refractivity contribution in [2.24, 2.45) is 17.3 Å². The average Bonchev–Trinajstić information content (AvgIpc) is 2.49. The number of alkyl halides is 1. The van der Waals surface area contributed by atoms with Crippen molar-refractivity contribution in [1.82, 2.24) is 16.0 Å². The van der Waals surface area contributed by atoms with Crippen LogP contribution in [0.25, 0.3) is 0 Å². The zero-order valence-corrected chi connectivity index (χ0v) is 16.4. The van der Waals surface area contributed by atoms with Gasteiger partial charge in [-0.3, -0.25) is 24.5 Å². The smallest absolute Gasteiger partial charge is 0.238 e. The first-order chi connectivity index (χ1) is 12.9. The first-order valence-corrected chi connectivity index (χ1v) is 9.40. The van der Waals surface area contributed by atoms with Crippen LogP contribution in [-0.4, -0.2) is 41.9 Å². The van der Waals surface area contributed by atoms with E-state index in [1.54, 1.807) is 20.8 Å². The normalized spacial score (nSPS) is 26.5. The Morgan fingerprint density at radius 2 is 1.86 bits per heavy atom. The third-order valence-electron chi connectivity index (χ3n) is 5.13. The van der Waals surface area contributed by atoms with Crippen molar-refractivity contribution < 1.29 is 23.6 Å². The Labute approximate surface area is 163 Å². The molecule has 1 heterocycles. The number of imide groups is 1. The molecule has 2 rings (SSSR count). The van der Waals surface area contributed by atoms with Crippen molar-refractivity contribution in [2.75, 3.05) is 6.54 Å². The SMILES string of the molecule is CC(C)(C)C(C#N)C(=O)NCC1(F)CC(NC(=O)CC2CC(=O)NC(=O)C2)C1. The van der Waals surface area contributed by atoms with Crippen LogP contribution in [0.3, 0.4) is 0 Å². The van der Waals surface area contributed by atoms with Gasteiger partial charge in [0, 0.05) is 38.1 Å². The number of nitriles is 1. The third kappa shape index (κ3) is 5.75. The Balaban J connectivity index is 1.73. The van der Waals surface area contributed by atoms with Crippen LogP contribution >= 0.6 is 0 Å². The highest BCUT2D eigenvalue weighted by Crippen LogP contribution is 2.36. The summed E-state index contributed by atoms with van der Waals surface area (Å²) in [7, 11) is 0. The van der Waals surface area contributed by atoms with Crippen molar-refractivity contribution in [3.05, 3.63) is 0 Å². The molecule has 1 atom stereocenters. The number of carbonyl (C=O) groups is 4. The molecule has 0 radical (unpaired) electrons. The van der Waals surface area contributed by atoms with E-state index in [-0.39, 0.29) is 68.3 Å². The minimum absolute atomic E-state index is 0.0428. The predicted molar refractivity (Wildman–Crippen MR) is 97.1 cm³/mol. The quantitative estimate of drug-likeness (QED) is 0.572. The monoisotopic (exact) mass is 394 g/mol. The van der Waals surface area contributed by atoms with Crippen LogP contribution in [-0.2, 0) is 19.2 Å². The highest BCUT2D eigenvalue weighted by Gasteiger charge is 2.46. The van der Waals surface area contributed by atoms with E-state index in [2.05, 4.69) is 16.0 Å². The maximum atomic E-state index is 14.6. The van der Waals surface area contributed by atoms with E-state index in [9.17, 15) is 23.6 Å². The van der Waals surface area contributed by atoms with E-state index in [4.69, 9.17) is 5.26 Å². The van der Waals surface area contributed by atoms with Gasteiger partial charge in [-0.25, -0.2) is 4.39 Å². The van der Waals surface area contributed by atoms with Gasteiger partial charge in [0.15, 0.2) is 0 Å². The summed E-state index contributed by atoms with van der Waals surface area (Å²) in [6, 6.07) is 1.60. The van der Waals surface area contributed by atoms with Crippen LogP contribution < -0.4 is 16.0 Å². The fourth-order valence-electron chi connectivity index (χ4n) is 3.61. The minimum atomic E-state index is -1.62. The number of hydrogen-bond donors (Lipinski definition) is 3. The second-order valence-electron chi connectivity index (χ2n) is 8.92. The first kappa shape index (κ1) is 21.8. The Bertz CT molecular complexity index is 688. The van der Waals surface area contributed by atoms with Crippen LogP contribution in [0.2, 0.25) is 0 Å². The van der Waals surface area contributed by atoms with E-state index in [0.29, 0.717) is 0 Å².